The minimum absolute atomic E-state index is 0.0494. The van der Waals surface area contributed by atoms with Gasteiger partial charge in [0.1, 0.15) is 49.4 Å². The summed E-state index contributed by atoms with van der Waals surface area (Å²) >= 11 is 0. The van der Waals surface area contributed by atoms with Gasteiger partial charge in [0.15, 0.2) is 0 Å². The summed E-state index contributed by atoms with van der Waals surface area (Å²) in [7, 11) is 0. The first-order valence-electron chi connectivity index (χ1n) is 23.3. The molecular weight excluding hydrogens is 881 g/mol. The smallest absolute Gasteiger partial charge is 0.129 e. The van der Waals surface area contributed by atoms with E-state index in [2.05, 4.69) is 20.0 Å². The van der Waals surface area contributed by atoms with Crippen molar-refractivity contribution in [1.29, 1.82) is 0 Å². The van der Waals surface area contributed by atoms with Gasteiger partial charge in [0.25, 0.3) is 0 Å². The summed E-state index contributed by atoms with van der Waals surface area (Å²) in [4.78, 5) is 18.0. The highest BCUT2D eigenvalue weighted by Gasteiger charge is 2.19. The fourth-order valence-electron chi connectivity index (χ4n) is 8.14. The van der Waals surface area contributed by atoms with Crippen molar-refractivity contribution in [3.8, 4) is 23.0 Å². The van der Waals surface area contributed by atoms with Crippen molar-refractivity contribution in [3.05, 3.63) is 179 Å². The molecule has 0 aliphatic heterocycles. The molecule has 12 heteroatoms. The quantitative estimate of drug-likeness (QED) is 0.0345. The number of hydrogen-bond donors (Lipinski definition) is 4. The van der Waals surface area contributed by atoms with Gasteiger partial charge in [-0.15, -0.1) is 0 Å². The molecule has 356 valence electrons. The molecule has 0 aliphatic carbocycles. The predicted octanol–water partition coefficient (Wildman–Crippen LogP) is 8.86. The minimum atomic E-state index is -0.0923. The predicted molar refractivity (Wildman–Crippen MR) is 283 cm³/mol. The van der Waals surface area contributed by atoms with Crippen LogP contribution in [0.3, 0.4) is 0 Å². The Bertz CT molecular complexity index is 2780. The second-order valence-electron chi connectivity index (χ2n) is 16.2. The molecule has 0 amide bonds. The molecule has 8 aromatic rings. The van der Waals surface area contributed by atoms with Crippen LogP contribution in [0.25, 0.3) is 43.1 Å². The maximum Gasteiger partial charge on any atom is 0.129 e. The fourth-order valence-corrected chi connectivity index (χ4v) is 8.14. The van der Waals surface area contributed by atoms with E-state index in [1.165, 1.54) is 0 Å². The lowest BCUT2D eigenvalue weighted by Crippen LogP contribution is -2.20. The first kappa shape index (κ1) is 48.7. The largest absolute Gasteiger partial charge is 0.488 e. The van der Waals surface area contributed by atoms with Gasteiger partial charge in [-0.3, -0.25) is 20.0 Å². The maximum atomic E-state index is 9.63. The van der Waals surface area contributed by atoms with E-state index in [4.69, 9.17) is 18.9 Å². The molecule has 0 heterocycles. The minimum Gasteiger partial charge on any atom is -0.488 e. The van der Waals surface area contributed by atoms with E-state index in [9.17, 15) is 20.4 Å². The average molecular weight is 937 g/mol. The van der Waals surface area contributed by atoms with Crippen LogP contribution in [-0.2, 0) is 0 Å². The van der Waals surface area contributed by atoms with E-state index >= 15 is 0 Å². The van der Waals surface area contributed by atoms with Gasteiger partial charge in [-0.25, -0.2) is 0 Å². The normalized spacial score (nSPS) is 11.9. The van der Waals surface area contributed by atoms with Crippen LogP contribution in [0.4, 0.5) is 0 Å². The van der Waals surface area contributed by atoms with Crippen molar-refractivity contribution in [2.24, 2.45) is 20.0 Å². The molecule has 0 radical (unpaired) electrons. The van der Waals surface area contributed by atoms with Crippen LogP contribution in [0.5, 0.6) is 23.0 Å². The number of ether oxygens (including phenoxy) is 4. The standard InChI is InChI=1S/C58H56N4O8/c63-29-25-59-33-51-47-13-5-1-9-41(47)17-21-55(51)67-37-45(38-68-56-22-18-42-10-2-6-14-48(42)52(56)34-60-26-30-64)46(39-69-57-23-19-43-11-3-7-15-49(43)53(57)35-61-27-31-65)40-70-58-24-20-44-12-4-8-16-50(44)54(58)36-62-28-32-66/h1-24,33-36,63-66H,25-32,37-40H2. The van der Waals surface area contributed by atoms with E-state index in [0.29, 0.717) is 23.0 Å². The highest BCUT2D eigenvalue weighted by molar-refractivity contribution is 6.05. The number of rotatable bonds is 24. The van der Waals surface area contributed by atoms with Gasteiger partial charge in [-0.05, 0) is 67.4 Å². The summed E-state index contributed by atoms with van der Waals surface area (Å²) in [6, 6.07) is 47.7. The average Bonchev–Trinajstić information content (AvgIpc) is 3.40. The molecule has 4 N–H and O–H groups in total. The van der Waals surface area contributed by atoms with Crippen molar-refractivity contribution in [1.82, 2.24) is 0 Å². The molecule has 0 saturated heterocycles. The third-order valence-electron chi connectivity index (χ3n) is 11.6. The van der Waals surface area contributed by atoms with Crippen LogP contribution in [0, 0.1) is 0 Å². The Kier molecular flexibility index (Phi) is 17.4. The zero-order valence-corrected chi connectivity index (χ0v) is 38.9. The number of nitrogens with zero attached hydrogens (tertiary/aromatic N) is 4. The van der Waals surface area contributed by atoms with Crippen LogP contribution in [0.1, 0.15) is 22.3 Å². The zero-order chi connectivity index (χ0) is 48.3. The monoisotopic (exact) mass is 936 g/mol. The highest BCUT2D eigenvalue weighted by Crippen LogP contribution is 2.33. The van der Waals surface area contributed by atoms with Crippen LogP contribution >= 0.6 is 0 Å². The number of fused-ring (bicyclic) bond motifs is 4. The lowest BCUT2D eigenvalue weighted by molar-refractivity contribution is 0.271. The Balaban J connectivity index is 1.26. The lowest BCUT2D eigenvalue weighted by atomic mass is 10.0. The van der Waals surface area contributed by atoms with Gasteiger partial charge in [0.2, 0.25) is 0 Å². The topological polar surface area (TPSA) is 167 Å². The molecule has 0 aromatic heterocycles. The maximum absolute atomic E-state index is 9.63. The Labute approximate surface area is 406 Å². The Morgan fingerprint density at radius 1 is 0.314 bits per heavy atom. The molecule has 0 fully saturated rings. The molecule has 0 unspecified atom stereocenters. The fraction of sp³-hybridized carbons (Fsp3) is 0.207. The Morgan fingerprint density at radius 2 is 0.543 bits per heavy atom. The first-order valence-corrected chi connectivity index (χ1v) is 23.3. The number of aliphatic imine (C=N–C) groups is 4. The molecule has 0 atom stereocenters. The van der Waals surface area contributed by atoms with Gasteiger partial charge in [-0.1, -0.05) is 121 Å². The zero-order valence-electron chi connectivity index (χ0n) is 38.9. The highest BCUT2D eigenvalue weighted by atomic mass is 16.5. The van der Waals surface area contributed by atoms with E-state index in [1.54, 1.807) is 24.9 Å². The SMILES string of the molecule is OCCN=Cc1c(OCC(COc2ccc3ccccc3c2C=NCCO)=C(COc2ccc3ccccc3c2C=NCCO)COc2ccc3ccccc3c2C=NCCO)ccc2ccccc12. The van der Waals surface area contributed by atoms with E-state index < -0.39 is 0 Å². The number of aliphatic hydroxyl groups is 4. The summed E-state index contributed by atoms with van der Waals surface area (Å²) in [6.07, 6.45) is 6.97. The number of benzene rings is 8. The van der Waals surface area contributed by atoms with Crippen LogP contribution in [-0.4, -0.2) is 124 Å². The summed E-state index contributed by atoms with van der Waals surface area (Å²) in [5.41, 5.74) is 4.52. The summed E-state index contributed by atoms with van der Waals surface area (Å²) < 4.78 is 27.4. The molecular formula is C58H56N4O8. The van der Waals surface area contributed by atoms with Gasteiger partial charge in [-0.2, -0.15) is 0 Å². The third kappa shape index (κ3) is 12.1. The van der Waals surface area contributed by atoms with Crippen molar-refractivity contribution in [2.45, 2.75) is 0 Å². The molecule has 70 heavy (non-hydrogen) atoms. The van der Waals surface area contributed by atoms with Crippen LogP contribution in [0.15, 0.2) is 177 Å². The van der Waals surface area contributed by atoms with Crippen molar-refractivity contribution >= 4 is 67.9 Å². The molecule has 8 aromatic carbocycles. The number of hydrogen-bond acceptors (Lipinski definition) is 12. The molecule has 8 rings (SSSR count). The number of aliphatic hydroxyl groups excluding tert-OH is 4. The molecule has 0 saturated carbocycles. The summed E-state index contributed by atoms with van der Waals surface area (Å²) in [5, 5.41) is 46.3. The summed E-state index contributed by atoms with van der Waals surface area (Å²) in [5.74, 6) is 2.32. The van der Waals surface area contributed by atoms with Gasteiger partial charge < -0.3 is 39.4 Å². The second kappa shape index (κ2) is 25.0. The molecule has 0 spiro atoms. The van der Waals surface area contributed by atoms with E-state index in [0.717, 1.165) is 76.5 Å². The van der Waals surface area contributed by atoms with Crippen LogP contribution < -0.4 is 18.9 Å². The molecule has 0 bridgehead atoms. The van der Waals surface area contributed by atoms with E-state index in [-0.39, 0.29) is 79.0 Å². The molecule has 12 nitrogen and oxygen atoms in total. The van der Waals surface area contributed by atoms with E-state index in [1.807, 2.05) is 146 Å². The Morgan fingerprint density at radius 3 is 0.771 bits per heavy atom. The lowest BCUT2D eigenvalue weighted by Gasteiger charge is -2.21. The van der Waals surface area contributed by atoms with Gasteiger partial charge in [0.05, 0.1) is 52.6 Å². The van der Waals surface area contributed by atoms with Crippen molar-refractivity contribution in [3.63, 3.8) is 0 Å². The first-order chi connectivity index (χ1) is 34.6. The second-order valence-corrected chi connectivity index (χ2v) is 16.2. The van der Waals surface area contributed by atoms with Crippen molar-refractivity contribution < 1.29 is 39.4 Å². The van der Waals surface area contributed by atoms with Gasteiger partial charge in [0, 0.05) is 58.3 Å². The molecule has 0 aliphatic rings. The third-order valence-corrected chi connectivity index (χ3v) is 11.6. The van der Waals surface area contributed by atoms with Gasteiger partial charge >= 0.3 is 0 Å². The van der Waals surface area contributed by atoms with Crippen LogP contribution in [0.2, 0.25) is 0 Å². The van der Waals surface area contributed by atoms with Crippen molar-refractivity contribution in [2.75, 3.05) is 79.0 Å². The Hall–Kier alpha value is -7.74. The summed E-state index contributed by atoms with van der Waals surface area (Å²) in [6.45, 7) is 0.769.